The highest BCUT2D eigenvalue weighted by molar-refractivity contribution is 14.1. The Morgan fingerprint density at radius 2 is 1.90 bits per heavy atom. The van der Waals surface area contributed by atoms with E-state index in [0.717, 1.165) is 26.2 Å². The lowest BCUT2D eigenvalue weighted by Gasteiger charge is -2.11. The Kier molecular flexibility index (Phi) is 4.82. The zero-order valence-corrected chi connectivity index (χ0v) is 15.6. The molecule has 0 amide bonds. The molecule has 2 aromatic carbocycles. The molecule has 0 aliphatic carbocycles. The van der Waals surface area contributed by atoms with Crippen LogP contribution in [0.3, 0.4) is 0 Å². The molecule has 0 spiro atoms. The SMILES string of the molecule is Clc1cc(C(Br)Cc2ccc3ccccc3n2)ccc1I. The minimum atomic E-state index is 0.209. The number of para-hydroxylation sites is 1. The normalized spacial score (nSPS) is 12.5. The fourth-order valence-electron chi connectivity index (χ4n) is 2.23. The van der Waals surface area contributed by atoms with Crippen molar-refractivity contribution in [2.24, 2.45) is 0 Å². The van der Waals surface area contributed by atoms with Crippen molar-refractivity contribution in [2.45, 2.75) is 11.2 Å². The molecule has 0 fully saturated rings. The third kappa shape index (κ3) is 3.58. The van der Waals surface area contributed by atoms with E-state index in [9.17, 15) is 0 Å². The van der Waals surface area contributed by atoms with Gasteiger partial charge in [0, 0.05) is 25.9 Å². The number of rotatable bonds is 3. The van der Waals surface area contributed by atoms with E-state index in [1.54, 1.807) is 0 Å². The summed E-state index contributed by atoms with van der Waals surface area (Å²) in [5.74, 6) is 0. The van der Waals surface area contributed by atoms with Gasteiger partial charge in [-0.3, -0.25) is 4.98 Å². The second-order valence-electron chi connectivity index (χ2n) is 4.84. The molecule has 1 atom stereocenters. The molecular weight excluding hydrogens is 460 g/mol. The van der Waals surface area contributed by atoms with Gasteiger partial charge in [0.1, 0.15) is 0 Å². The molecule has 21 heavy (non-hydrogen) atoms. The standard InChI is InChI=1S/C17H12BrClIN/c18-14(12-6-8-16(20)15(19)9-12)10-13-7-5-11-3-1-2-4-17(11)21-13/h1-9,14H,10H2. The lowest BCUT2D eigenvalue weighted by atomic mass is 10.1. The van der Waals surface area contributed by atoms with Crippen LogP contribution in [0.25, 0.3) is 10.9 Å². The zero-order chi connectivity index (χ0) is 14.8. The summed E-state index contributed by atoms with van der Waals surface area (Å²) in [5, 5.41) is 1.97. The van der Waals surface area contributed by atoms with Gasteiger partial charge in [0.15, 0.2) is 0 Å². The van der Waals surface area contributed by atoms with Crippen molar-refractivity contribution in [3.05, 3.63) is 74.4 Å². The Bertz CT molecular complexity index is 791. The van der Waals surface area contributed by atoms with Gasteiger partial charge in [-0.05, 0) is 52.4 Å². The smallest absolute Gasteiger partial charge is 0.0705 e. The highest BCUT2D eigenvalue weighted by atomic mass is 127. The van der Waals surface area contributed by atoms with Gasteiger partial charge in [0.25, 0.3) is 0 Å². The maximum Gasteiger partial charge on any atom is 0.0705 e. The summed E-state index contributed by atoms with van der Waals surface area (Å²) in [4.78, 5) is 4.93. The molecule has 0 aliphatic heterocycles. The first-order valence-corrected chi connectivity index (χ1v) is 8.94. The van der Waals surface area contributed by atoms with Crippen molar-refractivity contribution in [1.82, 2.24) is 4.98 Å². The maximum absolute atomic E-state index is 6.20. The summed E-state index contributed by atoms with van der Waals surface area (Å²) >= 11 is 12.2. The van der Waals surface area contributed by atoms with Crippen LogP contribution in [-0.4, -0.2) is 4.98 Å². The molecule has 0 N–H and O–H groups in total. The minimum absolute atomic E-state index is 0.209. The number of nitrogens with zero attached hydrogens (tertiary/aromatic N) is 1. The summed E-state index contributed by atoms with van der Waals surface area (Å²) in [7, 11) is 0. The van der Waals surface area contributed by atoms with Gasteiger partial charge in [0.2, 0.25) is 0 Å². The second kappa shape index (κ2) is 6.63. The lowest BCUT2D eigenvalue weighted by Crippen LogP contribution is -1.98. The van der Waals surface area contributed by atoms with Gasteiger partial charge < -0.3 is 0 Å². The quantitative estimate of drug-likeness (QED) is 0.328. The van der Waals surface area contributed by atoms with Crippen molar-refractivity contribution in [3.8, 4) is 0 Å². The van der Waals surface area contributed by atoms with Gasteiger partial charge in [-0.25, -0.2) is 0 Å². The number of aromatic nitrogens is 1. The van der Waals surface area contributed by atoms with E-state index in [1.807, 2.05) is 30.3 Å². The Morgan fingerprint density at radius 3 is 2.71 bits per heavy atom. The third-order valence-electron chi connectivity index (χ3n) is 3.35. The van der Waals surface area contributed by atoms with Gasteiger partial charge in [0.05, 0.1) is 10.5 Å². The number of halogens is 3. The molecular formula is C17H12BrClIN. The summed E-state index contributed by atoms with van der Waals surface area (Å²) in [6.45, 7) is 0. The van der Waals surface area contributed by atoms with E-state index in [-0.39, 0.29) is 4.83 Å². The van der Waals surface area contributed by atoms with E-state index in [4.69, 9.17) is 16.6 Å². The van der Waals surface area contributed by atoms with E-state index in [1.165, 1.54) is 10.9 Å². The van der Waals surface area contributed by atoms with Crippen molar-refractivity contribution in [1.29, 1.82) is 0 Å². The monoisotopic (exact) mass is 471 g/mol. The van der Waals surface area contributed by atoms with Crippen molar-refractivity contribution in [2.75, 3.05) is 0 Å². The van der Waals surface area contributed by atoms with Crippen LogP contribution >= 0.6 is 50.1 Å². The van der Waals surface area contributed by atoms with Crippen LogP contribution in [0.15, 0.2) is 54.6 Å². The third-order valence-corrected chi connectivity index (χ3v) is 5.77. The first-order valence-electron chi connectivity index (χ1n) is 6.57. The summed E-state index contributed by atoms with van der Waals surface area (Å²) < 4.78 is 1.07. The van der Waals surface area contributed by atoms with Crippen LogP contribution in [0, 0.1) is 3.57 Å². The molecule has 3 rings (SSSR count). The van der Waals surface area contributed by atoms with Crippen LogP contribution in [0.5, 0.6) is 0 Å². The largest absolute Gasteiger partial charge is 0.253 e. The number of hydrogen-bond donors (Lipinski definition) is 0. The van der Waals surface area contributed by atoms with E-state index >= 15 is 0 Å². The topological polar surface area (TPSA) is 12.9 Å². The summed E-state index contributed by atoms with van der Waals surface area (Å²) in [6.07, 6.45) is 0.835. The van der Waals surface area contributed by atoms with Crippen LogP contribution in [0.2, 0.25) is 5.02 Å². The number of pyridine rings is 1. The molecule has 3 aromatic rings. The number of hydrogen-bond acceptors (Lipinski definition) is 1. The Hall–Kier alpha value is -0.650. The maximum atomic E-state index is 6.20. The molecule has 0 saturated carbocycles. The Morgan fingerprint density at radius 1 is 1.10 bits per heavy atom. The minimum Gasteiger partial charge on any atom is -0.253 e. The van der Waals surface area contributed by atoms with Crippen molar-refractivity contribution >= 4 is 61.0 Å². The number of alkyl halides is 1. The predicted molar refractivity (Wildman–Crippen MR) is 101 cm³/mol. The Balaban J connectivity index is 1.85. The van der Waals surface area contributed by atoms with Crippen molar-refractivity contribution in [3.63, 3.8) is 0 Å². The highest BCUT2D eigenvalue weighted by Crippen LogP contribution is 2.30. The highest BCUT2D eigenvalue weighted by Gasteiger charge is 2.11. The summed E-state index contributed by atoms with van der Waals surface area (Å²) in [6, 6.07) is 18.6. The van der Waals surface area contributed by atoms with E-state index in [2.05, 4.69) is 62.8 Å². The van der Waals surface area contributed by atoms with Crippen LogP contribution in [-0.2, 0) is 6.42 Å². The molecule has 4 heteroatoms. The average Bonchev–Trinajstić information content (AvgIpc) is 2.50. The first-order chi connectivity index (χ1) is 10.1. The zero-order valence-electron chi connectivity index (χ0n) is 11.1. The predicted octanol–water partition coefficient (Wildman–Crippen LogP) is 6.17. The molecule has 0 saturated heterocycles. The van der Waals surface area contributed by atoms with Gasteiger partial charge >= 0.3 is 0 Å². The van der Waals surface area contributed by atoms with Crippen LogP contribution < -0.4 is 0 Å². The van der Waals surface area contributed by atoms with Crippen LogP contribution in [0.1, 0.15) is 16.1 Å². The first kappa shape index (κ1) is 15.3. The lowest BCUT2D eigenvalue weighted by molar-refractivity contribution is 0.913. The molecule has 1 unspecified atom stereocenters. The molecule has 0 bridgehead atoms. The molecule has 1 heterocycles. The Labute approximate surface area is 151 Å². The fraction of sp³-hybridized carbons (Fsp3) is 0.118. The van der Waals surface area contributed by atoms with Gasteiger partial charge in [-0.1, -0.05) is 57.9 Å². The summed E-state index contributed by atoms with van der Waals surface area (Å²) in [5.41, 5.74) is 3.29. The average molecular weight is 473 g/mol. The molecule has 106 valence electrons. The second-order valence-corrected chi connectivity index (χ2v) is 7.52. The number of fused-ring (bicyclic) bond motifs is 1. The molecule has 1 nitrogen and oxygen atoms in total. The number of benzene rings is 2. The fourth-order valence-corrected chi connectivity index (χ4v) is 3.37. The van der Waals surface area contributed by atoms with Crippen molar-refractivity contribution < 1.29 is 0 Å². The molecule has 0 aliphatic rings. The van der Waals surface area contributed by atoms with E-state index in [0.29, 0.717) is 0 Å². The van der Waals surface area contributed by atoms with E-state index < -0.39 is 0 Å². The molecule has 1 aromatic heterocycles. The van der Waals surface area contributed by atoms with Gasteiger partial charge in [-0.2, -0.15) is 0 Å². The van der Waals surface area contributed by atoms with Crippen LogP contribution in [0.4, 0.5) is 0 Å². The molecule has 0 radical (unpaired) electrons. The van der Waals surface area contributed by atoms with Gasteiger partial charge in [-0.15, -0.1) is 0 Å².